The summed E-state index contributed by atoms with van der Waals surface area (Å²) in [6.07, 6.45) is -2.22. The van der Waals surface area contributed by atoms with Crippen LogP contribution in [0.4, 0.5) is 24.7 Å². The first kappa shape index (κ1) is 18.7. The molecule has 2 fully saturated rings. The summed E-state index contributed by atoms with van der Waals surface area (Å²) in [6, 6.07) is 5.66. The molecule has 0 spiro atoms. The summed E-state index contributed by atoms with van der Waals surface area (Å²) in [5.41, 5.74) is 0.426. The van der Waals surface area contributed by atoms with Gasteiger partial charge in [0.05, 0.1) is 35.3 Å². The molecule has 9 nitrogen and oxygen atoms in total. The van der Waals surface area contributed by atoms with Gasteiger partial charge >= 0.3 is 6.18 Å². The lowest BCUT2D eigenvalue weighted by atomic mass is 10.2. The first-order chi connectivity index (χ1) is 14.3. The Hall–Kier alpha value is -3.28. The summed E-state index contributed by atoms with van der Waals surface area (Å²) in [7, 11) is 0. The number of benzene rings is 1. The summed E-state index contributed by atoms with van der Waals surface area (Å²) in [5, 5.41) is 15.2. The van der Waals surface area contributed by atoms with Gasteiger partial charge in [-0.1, -0.05) is 0 Å². The molecule has 2 aromatic heterocycles. The topological polar surface area (TPSA) is 99.2 Å². The molecule has 30 heavy (non-hydrogen) atoms. The first-order valence-corrected chi connectivity index (χ1v) is 9.22. The number of hydrogen-bond acceptors (Lipinski definition) is 7. The van der Waals surface area contributed by atoms with Crippen molar-refractivity contribution >= 4 is 22.5 Å². The van der Waals surface area contributed by atoms with E-state index >= 15 is 0 Å². The van der Waals surface area contributed by atoms with E-state index < -0.39 is 17.6 Å². The zero-order valence-corrected chi connectivity index (χ0v) is 15.4. The zero-order valence-electron chi connectivity index (χ0n) is 15.4. The molecule has 4 heterocycles. The smallest absolute Gasteiger partial charge is 0.374 e. The van der Waals surface area contributed by atoms with Gasteiger partial charge in [0.2, 0.25) is 0 Å². The van der Waals surface area contributed by atoms with E-state index in [1.54, 1.807) is 0 Å². The molecule has 0 unspecified atom stereocenters. The highest BCUT2D eigenvalue weighted by molar-refractivity contribution is 5.89. The average molecular weight is 420 g/mol. The Morgan fingerprint density at radius 3 is 2.60 bits per heavy atom. The third kappa shape index (κ3) is 3.22. The lowest BCUT2D eigenvalue weighted by molar-refractivity contribution is -0.384. The van der Waals surface area contributed by atoms with Gasteiger partial charge in [0.25, 0.3) is 5.69 Å². The van der Waals surface area contributed by atoms with Crippen LogP contribution in [0.25, 0.3) is 22.4 Å². The van der Waals surface area contributed by atoms with Crippen molar-refractivity contribution in [3.8, 4) is 11.4 Å². The zero-order chi connectivity index (χ0) is 21.0. The van der Waals surface area contributed by atoms with Crippen molar-refractivity contribution in [3.05, 3.63) is 40.6 Å². The van der Waals surface area contributed by atoms with Gasteiger partial charge in [-0.2, -0.15) is 18.3 Å². The van der Waals surface area contributed by atoms with E-state index in [9.17, 15) is 23.3 Å². The van der Waals surface area contributed by atoms with E-state index in [0.29, 0.717) is 29.9 Å². The van der Waals surface area contributed by atoms with Crippen molar-refractivity contribution in [2.24, 2.45) is 0 Å². The molecule has 2 atom stereocenters. The van der Waals surface area contributed by atoms with Crippen molar-refractivity contribution in [1.29, 1.82) is 0 Å². The highest BCUT2D eigenvalue weighted by Crippen LogP contribution is 2.36. The number of morpholine rings is 1. The molecular weight excluding hydrogens is 405 g/mol. The number of nitro benzene ring substituents is 1. The number of alkyl halides is 3. The van der Waals surface area contributed by atoms with Crippen LogP contribution < -0.4 is 4.90 Å². The van der Waals surface area contributed by atoms with Crippen molar-refractivity contribution in [3.63, 3.8) is 0 Å². The third-order valence-electron chi connectivity index (χ3n) is 5.31. The van der Waals surface area contributed by atoms with E-state index in [4.69, 9.17) is 4.74 Å². The lowest BCUT2D eigenvalue weighted by Crippen LogP contribution is -2.37. The molecule has 2 aliphatic rings. The second-order valence-corrected chi connectivity index (χ2v) is 7.33. The van der Waals surface area contributed by atoms with Gasteiger partial charge in [-0.3, -0.25) is 10.1 Å². The molecule has 0 radical (unpaired) electrons. The molecule has 2 bridgehead atoms. The van der Waals surface area contributed by atoms with Gasteiger partial charge in [0, 0.05) is 24.2 Å². The van der Waals surface area contributed by atoms with Crippen LogP contribution in [0.3, 0.4) is 0 Å². The number of hydrogen-bond donors (Lipinski definition) is 0. The van der Waals surface area contributed by atoms with Crippen molar-refractivity contribution in [1.82, 2.24) is 19.7 Å². The Labute approximate surface area is 167 Å². The van der Waals surface area contributed by atoms with E-state index in [0.717, 1.165) is 11.1 Å². The number of aromatic nitrogens is 4. The van der Waals surface area contributed by atoms with E-state index in [1.807, 2.05) is 4.90 Å². The molecule has 0 saturated carbocycles. The summed E-state index contributed by atoms with van der Waals surface area (Å²) in [6.45, 7) is -0.164. The normalized spacial score (nSPS) is 21.0. The molecule has 156 valence electrons. The monoisotopic (exact) mass is 420 g/mol. The average Bonchev–Trinajstić information content (AvgIpc) is 3.42. The van der Waals surface area contributed by atoms with Crippen LogP contribution in [0, 0.1) is 10.1 Å². The van der Waals surface area contributed by atoms with Gasteiger partial charge in [0.1, 0.15) is 12.4 Å². The number of anilines is 1. The Kier molecular flexibility index (Phi) is 4.13. The second-order valence-electron chi connectivity index (χ2n) is 7.33. The predicted molar refractivity (Wildman–Crippen MR) is 99.0 cm³/mol. The molecule has 0 N–H and O–H groups in total. The molecule has 2 saturated heterocycles. The SMILES string of the molecule is O=[N+]([O-])c1ccc(-c2nc(N3C[C@@H]4C[C@H]3CO4)c3cnn(CC(F)(F)F)c3n2)cc1. The number of rotatable bonds is 4. The Morgan fingerprint density at radius 2 is 2.00 bits per heavy atom. The van der Waals surface area contributed by atoms with Crippen LogP contribution in [0.15, 0.2) is 30.5 Å². The highest BCUT2D eigenvalue weighted by Gasteiger charge is 2.41. The van der Waals surface area contributed by atoms with Gasteiger partial charge in [-0.25, -0.2) is 14.6 Å². The molecule has 0 amide bonds. The fourth-order valence-electron chi connectivity index (χ4n) is 3.97. The number of non-ortho nitro benzene ring substituents is 1. The number of nitrogens with zero attached hydrogens (tertiary/aromatic N) is 6. The fraction of sp³-hybridized carbons (Fsp3) is 0.389. The molecule has 5 rings (SSSR count). The summed E-state index contributed by atoms with van der Waals surface area (Å²) < 4.78 is 45.5. The third-order valence-corrected chi connectivity index (χ3v) is 5.31. The number of ether oxygens (including phenoxy) is 1. The van der Waals surface area contributed by atoms with Crippen LogP contribution in [0.5, 0.6) is 0 Å². The molecule has 1 aromatic carbocycles. The highest BCUT2D eigenvalue weighted by atomic mass is 19.4. The van der Waals surface area contributed by atoms with Crippen LogP contribution in [0.1, 0.15) is 6.42 Å². The molecule has 3 aromatic rings. The minimum absolute atomic E-state index is 0.0630. The maximum atomic E-state index is 13.0. The van der Waals surface area contributed by atoms with E-state index in [-0.39, 0.29) is 29.3 Å². The van der Waals surface area contributed by atoms with E-state index in [2.05, 4.69) is 15.1 Å². The minimum Gasteiger partial charge on any atom is -0.374 e. The van der Waals surface area contributed by atoms with Crippen molar-refractivity contribution in [2.75, 3.05) is 18.1 Å². The van der Waals surface area contributed by atoms with Crippen molar-refractivity contribution in [2.45, 2.75) is 31.3 Å². The quantitative estimate of drug-likeness (QED) is 0.473. The molecular formula is C18H15F3N6O3. The van der Waals surface area contributed by atoms with Crippen LogP contribution in [0.2, 0.25) is 0 Å². The van der Waals surface area contributed by atoms with Crippen LogP contribution in [-0.2, 0) is 11.3 Å². The summed E-state index contributed by atoms with van der Waals surface area (Å²) >= 11 is 0. The molecule has 12 heteroatoms. The van der Waals surface area contributed by atoms with Gasteiger partial charge in [0.15, 0.2) is 11.5 Å². The van der Waals surface area contributed by atoms with Gasteiger partial charge in [-0.05, 0) is 18.6 Å². The standard InChI is InChI=1S/C18H15F3N6O3/c19-18(20,21)9-26-17-14(6-22-26)16(25-7-13-5-12(25)8-30-13)23-15(24-17)10-1-3-11(4-2-10)27(28)29/h1-4,6,12-13H,5,7-9H2/t12-,13-/m0/s1. The fourth-order valence-corrected chi connectivity index (χ4v) is 3.97. The number of fused-ring (bicyclic) bond motifs is 3. The maximum Gasteiger partial charge on any atom is 0.408 e. The van der Waals surface area contributed by atoms with Crippen LogP contribution in [-0.4, -0.2) is 56.1 Å². The Bertz CT molecular complexity index is 1130. The van der Waals surface area contributed by atoms with E-state index in [1.165, 1.54) is 30.5 Å². The maximum absolute atomic E-state index is 13.0. The largest absolute Gasteiger partial charge is 0.408 e. The molecule has 0 aliphatic carbocycles. The summed E-state index contributed by atoms with van der Waals surface area (Å²) in [4.78, 5) is 21.3. The predicted octanol–water partition coefficient (Wildman–Crippen LogP) is 2.94. The van der Waals surface area contributed by atoms with Gasteiger partial charge < -0.3 is 9.64 Å². The van der Waals surface area contributed by atoms with Gasteiger partial charge in [-0.15, -0.1) is 0 Å². The Balaban J connectivity index is 1.64. The lowest BCUT2D eigenvalue weighted by Gasteiger charge is -2.28. The summed E-state index contributed by atoms with van der Waals surface area (Å²) in [5.74, 6) is 0.678. The Morgan fingerprint density at radius 1 is 1.23 bits per heavy atom. The number of nitro groups is 1. The minimum atomic E-state index is -4.46. The van der Waals surface area contributed by atoms with Crippen molar-refractivity contribution < 1.29 is 22.8 Å². The van der Waals surface area contributed by atoms with Crippen LogP contribution >= 0.6 is 0 Å². The first-order valence-electron chi connectivity index (χ1n) is 9.22. The molecule has 2 aliphatic heterocycles. The number of halogens is 3. The second kappa shape index (κ2) is 6.62.